The molecule has 0 fully saturated rings. The maximum Gasteiger partial charge on any atom is 0.339 e. The molecule has 0 N–H and O–H groups in total. The molecular weight excluding hydrogens is 346 g/mol. The molecule has 0 bridgehead atoms. The first-order valence-electron chi connectivity index (χ1n) is 8.32. The molecule has 3 aromatic rings. The third-order valence-corrected chi connectivity index (χ3v) is 5.05. The van der Waals surface area contributed by atoms with E-state index in [1.165, 1.54) is 11.3 Å². The lowest BCUT2D eigenvalue weighted by Gasteiger charge is -2.10. The highest BCUT2D eigenvalue weighted by molar-refractivity contribution is 7.13. The van der Waals surface area contributed by atoms with Gasteiger partial charge in [-0.1, -0.05) is 29.8 Å². The number of aromatic nitrogens is 1. The van der Waals surface area contributed by atoms with E-state index in [2.05, 4.69) is 4.98 Å². The zero-order chi connectivity index (χ0) is 18.7. The number of para-hydroxylation sites is 1. The average molecular weight is 367 g/mol. The summed E-state index contributed by atoms with van der Waals surface area (Å²) in [7, 11) is 1.64. The van der Waals surface area contributed by atoms with Gasteiger partial charge < -0.3 is 9.47 Å². The molecule has 5 heteroatoms. The van der Waals surface area contributed by atoms with Crippen LogP contribution in [0.1, 0.15) is 32.7 Å². The van der Waals surface area contributed by atoms with Crippen molar-refractivity contribution < 1.29 is 14.3 Å². The number of carbonyl (C=O) groups excluding carboxylic acids is 1. The van der Waals surface area contributed by atoms with Gasteiger partial charge in [0, 0.05) is 5.38 Å². The number of thiazole rings is 1. The Morgan fingerprint density at radius 2 is 1.81 bits per heavy atom. The topological polar surface area (TPSA) is 48.4 Å². The lowest BCUT2D eigenvalue weighted by atomic mass is 10.00. The van der Waals surface area contributed by atoms with Crippen LogP contribution in [0.5, 0.6) is 5.75 Å². The molecule has 26 heavy (non-hydrogen) atoms. The van der Waals surface area contributed by atoms with Gasteiger partial charge in [-0.2, -0.15) is 0 Å². The Bertz CT molecular complexity index is 923. The number of hydrogen-bond donors (Lipinski definition) is 0. The van der Waals surface area contributed by atoms with Gasteiger partial charge in [0.1, 0.15) is 17.4 Å². The Kier molecular flexibility index (Phi) is 5.38. The zero-order valence-electron chi connectivity index (χ0n) is 15.3. The SMILES string of the molecule is COc1ccccc1-c1nc(COC(=O)c2c(C)cc(C)cc2C)cs1. The van der Waals surface area contributed by atoms with Gasteiger partial charge in [-0.05, 0) is 44.0 Å². The van der Waals surface area contributed by atoms with E-state index >= 15 is 0 Å². The molecule has 2 aromatic carbocycles. The summed E-state index contributed by atoms with van der Waals surface area (Å²) in [4.78, 5) is 17.1. The molecule has 0 unspecified atom stereocenters. The fourth-order valence-electron chi connectivity index (χ4n) is 3.03. The van der Waals surface area contributed by atoms with Gasteiger partial charge in [0.2, 0.25) is 0 Å². The Labute approximate surface area is 157 Å². The normalized spacial score (nSPS) is 10.6. The summed E-state index contributed by atoms with van der Waals surface area (Å²) in [6.45, 7) is 6.03. The number of hydrogen-bond acceptors (Lipinski definition) is 5. The standard InChI is InChI=1S/C21H21NO3S/c1-13-9-14(2)19(15(3)10-13)21(23)25-11-16-12-26-20(22-16)17-7-5-6-8-18(17)24-4/h5-10,12H,11H2,1-4H3. The Morgan fingerprint density at radius 1 is 1.12 bits per heavy atom. The van der Waals surface area contributed by atoms with Crippen LogP contribution in [-0.4, -0.2) is 18.1 Å². The van der Waals surface area contributed by atoms with Crippen molar-refractivity contribution in [2.75, 3.05) is 7.11 Å². The van der Waals surface area contributed by atoms with Crippen molar-refractivity contribution in [1.82, 2.24) is 4.98 Å². The number of methoxy groups -OCH3 is 1. The summed E-state index contributed by atoms with van der Waals surface area (Å²) in [5.74, 6) is 0.461. The molecule has 4 nitrogen and oxygen atoms in total. The van der Waals surface area contributed by atoms with Gasteiger partial charge in [0.05, 0.1) is 23.9 Å². The second kappa shape index (κ2) is 7.70. The molecule has 1 aromatic heterocycles. The molecule has 0 amide bonds. The molecule has 0 atom stereocenters. The molecule has 3 rings (SSSR count). The first-order valence-corrected chi connectivity index (χ1v) is 9.20. The maximum absolute atomic E-state index is 12.5. The van der Waals surface area contributed by atoms with Gasteiger partial charge in [0.25, 0.3) is 0 Å². The van der Waals surface area contributed by atoms with Crippen molar-refractivity contribution in [3.8, 4) is 16.3 Å². The van der Waals surface area contributed by atoms with Crippen LogP contribution >= 0.6 is 11.3 Å². The number of benzene rings is 2. The van der Waals surface area contributed by atoms with E-state index in [9.17, 15) is 4.79 Å². The minimum absolute atomic E-state index is 0.150. The summed E-state index contributed by atoms with van der Waals surface area (Å²) in [5, 5.41) is 2.75. The molecule has 0 spiro atoms. The van der Waals surface area contributed by atoms with E-state index in [1.807, 2.05) is 62.5 Å². The number of aryl methyl sites for hydroxylation is 3. The largest absolute Gasteiger partial charge is 0.496 e. The number of rotatable bonds is 5. The van der Waals surface area contributed by atoms with Crippen LogP contribution in [0.2, 0.25) is 0 Å². The van der Waals surface area contributed by atoms with Crippen LogP contribution in [0.25, 0.3) is 10.6 Å². The summed E-state index contributed by atoms with van der Waals surface area (Å²) in [5.41, 5.74) is 5.30. The van der Waals surface area contributed by atoms with E-state index in [-0.39, 0.29) is 12.6 Å². The number of esters is 1. The molecule has 0 saturated heterocycles. The Morgan fingerprint density at radius 3 is 2.50 bits per heavy atom. The van der Waals surface area contributed by atoms with Gasteiger partial charge in [-0.15, -0.1) is 11.3 Å². The van der Waals surface area contributed by atoms with E-state index in [4.69, 9.17) is 9.47 Å². The molecule has 0 saturated carbocycles. The quantitative estimate of drug-likeness (QED) is 0.589. The molecule has 134 valence electrons. The lowest BCUT2D eigenvalue weighted by Crippen LogP contribution is -2.09. The van der Waals surface area contributed by atoms with Gasteiger partial charge in [-0.3, -0.25) is 0 Å². The minimum Gasteiger partial charge on any atom is -0.496 e. The van der Waals surface area contributed by atoms with Crippen molar-refractivity contribution in [2.24, 2.45) is 0 Å². The molecular formula is C21H21NO3S. The van der Waals surface area contributed by atoms with Crippen molar-refractivity contribution in [3.05, 3.63) is 69.7 Å². The minimum atomic E-state index is -0.313. The second-order valence-corrected chi connectivity index (χ2v) is 7.05. The zero-order valence-corrected chi connectivity index (χ0v) is 16.1. The molecule has 1 heterocycles. The van der Waals surface area contributed by atoms with Gasteiger partial charge in [0.15, 0.2) is 0 Å². The first-order chi connectivity index (χ1) is 12.5. The maximum atomic E-state index is 12.5. The van der Waals surface area contributed by atoms with Crippen molar-refractivity contribution in [1.29, 1.82) is 0 Å². The van der Waals surface area contributed by atoms with Crippen LogP contribution in [0.3, 0.4) is 0 Å². The van der Waals surface area contributed by atoms with Crippen LogP contribution in [0.15, 0.2) is 41.8 Å². The predicted octanol–water partition coefficient (Wildman–Crippen LogP) is 5.10. The van der Waals surface area contributed by atoms with Crippen molar-refractivity contribution >= 4 is 17.3 Å². The third kappa shape index (κ3) is 3.78. The summed E-state index contributed by atoms with van der Waals surface area (Å²) >= 11 is 1.51. The number of ether oxygens (including phenoxy) is 2. The molecule has 0 aliphatic carbocycles. The van der Waals surface area contributed by atoms with E-state index in [0.29, 0.717) is 5.56 Å². The van der Waals surface area contributed by atoms with Crippen molar-refractivity contribution in [3.63, 3.8) is 0 Å². The number of nitrogens with zero attached hydrogens (tertiary/aromatic N) is 1. The smallest absolute Gasteiger partial charge is 0.339 e. The Hall–Kier alpha value is -2.66. The highest BCUT2D eigenvalue weighted by atomic mass is 32.1. The van der Waals surface area contributed by atoms with Crippen LogP contribution < -0.4 is 4.74 Å². The average Bonchev–Trinajstić information content (AvgIpc) is 3.08. The van der Waals surface area contributed by atoms with Crippen molar-refractivity contribution in [2.45, 2.75) is 27.4 Å². The fraction of sp³-hybridized carbons (Fsp3) is 0.238. The fourth-order valence-corrected chi connectivity index (χ4v) is 3.87. The second-order valence-electron chi connectivity index (χ2n) is 6.19. The number of carbonyl (C=O) groups is 1. The van der Waals surface area contributed by atoms with Gasteiger partial charge >= 0.3 is 5.97 Å². The van der Waals surface area contributed by atoms with Gasteiger partial charge in [-0.25, -0.2) is 9.78 Å². The summed E-state index contributed by atoms with van der Waals surface area (Å²) < 4.78 is 10.9. The molecule has 0 aliphatic heterocycles. The highest BCUT2D eigenvalue weighted by Gasteiger charge is 2.16. The van der Waals surface area contributed by atoms with E-state index in [0.717, 1.165) is 38.7 Å². The van der Waals surface area contributed by atoms with Crippen LogP contribution in [-0.2, 0) is 11.3 Å². The predicted molar refractivity (Wildman–Crippen MR) is 104 cm³/mol. The van der Waals surface area contributed by atoms with E-state index < -0.39 is 0 Å². The van der Waals surface area contributed by atoms with E-state index in [1.54, 1.807) is 7.11 Å². The van der Waals surface area contributed by atoms with Crippen LogP contribution in [0.4, 0.5) is 0 Å². The lowest BCUT2D eigenvalue weighted by molar-refractivity contribution is 0.0467. The summed E-state index contributed by atoms with van der Waals surface area (Å²) in [6.07, 6.45) is 0. The van der Waals surface area contributed by atoms with Crippen LogP contribution in [0, 0.1) is 20.8 Å². The molecule has 0 radical (unpaired) electrons. The Balaban J connectivity index is 1.74. The molecule has 0 aliphatic rings. The first kappa shape index (κ1) is 18.1. The monoisotopic (exact) mass is 367 g/mol. The summed E-state index contributed by atoms with van der Waals surface area (Å²) in [6, 6.07) is 11.7. The third-order valence-electron chi connectivity index (χ3n) is 4.12. The highest BCUT2D eigenvalue weighted by Crippen LogP contribution is 2.32.